The molecule has 0 spiro atoms. The number of rotatable bonds is 10. The summed E-state index contributed by atoms with van der Waals surface area (Å²) in [5, 5.41) is 3.44. The van der Waals surface area contributed by atoms with Crippen molar-refractivity contribution in [3.63, 3.8) is 0 Å². The SMILES string of the molecule is CCNC(CS(=O)CCC(C)C)c1ccccc1OCC. The van der Waals surface area contributed by atoms with Crippen LogP contribution in [0, 0.1) is 5.92 Å². The molecule has 1 N–H and O–H groups in total. The lowest BCUT2D eigenvalue weighted by Crippen LogP contribution is -2.27. The normalized spacial score (nSPS) is 14.1. The van der Waals surface area contributed by atoms with Crippen LogP contribution in [-0.4, -0.2) is 28.9 Å². The third kappa shape index (κ3) is 6.62. The van der Waals surface area contributed by atoms with E-state index in [0.29, 0.717) is 18.3 Å². The average molecular weight is 311 g/mol. The van der Waals surface area contributed by atoms with E-state index < -0.39 is 10.8 Å². The maximum atomic E-state index is 12.3. The molecule has 0 aromatic heterocycles. The molecule has 21 heavy (non-hydrogen) atoms. The van der Waals surface area contributed by atoms with E-state index in [1.54, 1.807) is 0 Å². The number of hydrogen-bond donors (Lipinski definition) is 1. The molecular formula is C17H29NO2S. The summed E-state index contributed by atoms with van der Waals surface area (Å²) in [5.74, 6) is 2.91. The molecule has 0 radical (unpaired) electrons. The summed E-state index contributed by atoms with van der Waals surface area (Å²) in [6.07, 6.45) is 1.01. The van der Waals surface area contributed by atoms with Gasteiger partial charge < -0.3 is 10.1 Å². The summed E-state index contributed by atoms with van der Waals surface area (Å²) in [6, 6.07) is 8.13. The van der Waals surface area contributed by atoms with E-state index in [1.165, 1.54) is 0 Å². The summed E-state index contributed by atoms with van der Waals surface area (Å²) in [6.45, 7) is 9.90. The van der Waals surface area contributed by atoms with Crippen LogP contribution in [-0.2, 0) is 10.8 Å². The topological polar surface area (TPSA) is 38.3 Å². The maximum Gasteiger partial charge on any atom is 0.124 e. The molecule has 0 aliphatic rings. The van der Waals surface area contributed by atoms with E-state index >= 15 is 0 Å². The Hall–Kier alpha value is -0.870. The van der Waals surface area contributed by atoms with Gasteiger partial charge in [-0.05, 0) is 31.9 Å². The number of benzene rings is 1. The van der Waals surface area contributed by atoms with Crippen LogP contribution in [0.3, 0.4) is 0 Å². The molecule has 0 amide bonds. The molecule has 2 atom stereocenters. The third-order valence-electron chi connectivity index (χ3n) is 3.32. The number of ether oxygens (including phenoxy) is 1. The maximum absolute atomic E-state index is 12.3. The fourth-order valence-electron chi connectivity index (χ4n) is 2.20. The molecule has 0 bridgehead atoms. The zero-order valence-corrected chi connectivity index (χ0v) is 14.5. The fraction of sp³-hybridized carbons (Fsp3) is 0.647. The molecule has 0 saturated carbocycles. The van der Waals surface area contributed by atoms with Crippen molar-refractivity contribution in [2.24, 2.45) is 5.92 Å². The van der Waals surface area contributed by atoms with Crippen LogP contribution < -0.4 is 10.1 Å². The van der Waals surface area contributed by atoms with Crippen LogP contribution in [0.1, 0.15) is 45.7 Å². The molecule has 0 aliphatic carbocycles. The molecule has 0 fully saturated rings. The summed E-state index contributed by atoms with van der Waals surface area (Å²) in [5.41, 5.74) is 1.11. The van der Waals surface area contributed by atoms with E-state index in [2.05, 4.69) is 32.2 Å². The van der Waals surface area contributed by atoms with Crippen molar-refractivity contribution in [1.29, 1.82) is 0 Å². The van der Waals surface area contributed by atoms with E-state index in [-0.39, 0.29) is 6.04 Å². The second-order valence-electron chi connectivity index (χ2n) is 5.57. The van der Waals surface area contributed by atoms with E-state index in [1.807, 2.05) is 25.1 Å². The van der Waals surface area contributed by atoms with Crippen molar-refractivity contribution in [3.05, 3.63) is 29.8 Å². The molecule has 4 heteroatoms. The van der Waals surface area contributed by atoms with Gasteiger partial charge in [-0.15, -0.1) is 0 Å². The van der Waals surface area contributed by atoms with Crippen LogP contribution in [0.2, 0.25) is 0 Å². The van der Waals surface area contributed by atoms with Gasteiger partial charge in [0.1, 0.15) is 5.75 Å². The first kappa shape index (κ1) is 18.2. The van der Waals surface area contributed by atoms with Gasteiger partial charge in [0.05, 0.1) is 6.61 Å². The van der Waals surface area contributed by atoms with Gasteiger partial charge in [-0.3, -0.25) is 4.21 Å². The second kappa shape index (κ2) is 9.96. The molecule has 1 rings (SSSR count). The Morgan fingerprint density at radius 2 is 1.95 bits per heavy atom. The predicted molar refractivity (Wildman–Crippen MR) is 91.4 cm³/mol. The standard InChI is InChI=1S/C17H29NO2S/c1-5-18-16(13-21(19)12-11-14(3)4)15-9-7-8-10-17(15)20-6-2/h7-10,14,16,18H,5-6,11-13H2,1-4H3. The smallest absolute Gasteiger partial charge is 0.124 e. The van der Waals surface area contributed by atoms with Crippen molar-refractivity contribution < 1.29 is 8.95 Å². The summed E-state index contributed by atoms with van der Waals surface area (Å²) < 4.78 is 18.0. The highest BCUT2D eigenvalue weighted by atomic mass is 32.2. The molecule has 1 aromatic carbocycles. The Kier molecular flexibility index (Phi) is 8.62. The second-order valence-corrected chi connectivity index (χ2v) is 7.20. The lowest BCUT2D eigenvalue weighted by atomic mass is 10.1. The van der Waals surface area contributed by atoms with E-state index in [0.717, 1.165) is 30.0 Å². The van der Waals surface area contributed by atoms with Crippen molar-refractivity contribution >= 4 is 10.8 Å². The summed E-state index contributed by atoms with van der Waals surface area (Å²) in [4.78, 5) is 0. The Labute approximate surface area is 131 Å². The first-order valence-electron chi connectivity index (χ1n) is 7.88. The van der Waals surface area contributed by atoms with Gasteiger partial charge in [0, 0.05) is 33.9 Å². The van der Waals surface area contributed by atoms with Crippen molar-refractivity contribution in [2.75, 3.05) is 24.7 Å². The molecule has 0 aliphatic heterocycles. The predicted octanol–water partition coefficient (Wildman–Crippen LogP) is 3.53. The Bertz CT molecular complexity index is 435. The van der Waals surface area contributed by atoms with Gasteiger partial charge in [0.15, 0.2) is 0 Å². The zero-order valence-electron chi connectivity index (χ0n) is 13.7. The van der Waals surface area contributed by atoms with Crippen LogP contribution in [0.4, 0.5) is 0 Å². The van der Waals surface area contributed by atoms with Crippen LogP contribution in [0.5, 0.6) is 5.75 Å². The fourth-order valence-corrected chi connectivity index (χ4v) is 3.77. The number of para-hydroxylation sites is 1. The molecule has 1 aromatic rings. The zero-order chi connectivity index (χ0) is 15.7. The lowest BCUT2D eigenvalue weighted by molar-refractivity contribution is 0.333. The monoisotopic (exact) mass is 311 g/mol. The van der Waals surface area contributed by atoms with E-state index in [4.69, 9.17) is 4.74 Å². The summed E-state index contributed by atoms with van der Waals surface area (Å²) in [7, 11) is -0.803. The van der Waals surface area contributed by atoms with E-state index in [9.17, 15) is 4.21 Å². The largest absolute Gasteiger partial charge is 0.494 e. The molecule has 2 unspecified atom stereocenters. The first-order valence-corrected chi connectivity index (χ1v) is 9.37. The third-order valence-corrected chi connectivity index (χ3v) is 4.72. The van der Waals surface area contributed by atoms with Crippen LogP contribution >= 0.6 is 0 Å². The Balaban J connectivity index is 2.79. The quantitative estimate of drug-likeness (QED) is 0.718. The minimum absolute atomic E-state index is 0.0887. The highest BCUT2D eigenvalue weighted by molar-refractivity contribution is 7.85. The van der Waals surface area contributed by atoms with Crippen LogP contribution in [0.15, 0.2) is 24.3 Å². The average Bonchev–Trinajstić information content (AvgIpc) is 2.46. The summed E-state index contributed by atoms with van der Waals surface area (Å²) >= 11 is 0. The number of hydrogen-bond acceptors (Lipinski definition) is 3. The molecule has 0 heterocycles. The molecule has 3 nitrogen and oxygen atoms in total. The highest BCUT2D eigenvalue weighted by Gasteiger charge is 2.18. The van der Waals surface area contributed by atoms with Crippen molar-refractivity contribution in [1.82, 2.24) is 5.32 Å². The van der Waals surface area contributed by atoms with Crippen molar-refractivity contribution in [3.8, 4) is 5.75 Å². The van der Waals surface area contributed by atoms with Gasteiger partial charge in [0.25, 0.3) is 0 Å². The van der Waals surface area contributed by atoms with Crippen molar-refractivity contribution in [2.45, 2.75) is 40.2 Å². The molecule has 0 saturated heterocycles. The number of nitrogens with one attached hydrogen (secondary N) is 1. The van der Waals surface area contributed by atoms with Gasteiger partial charge in [-0.1, -0.05) is 39.0 Å². The minimum atomic E-state index is -0.803. The van der Waals surface area contributed by atoms with Gasteiger partial charge in [-0.25, -0.2) is 0 Å². The first-order chi connectivity index (χ1) is 10.1. The Morgan fingerprint density at radius 3 is 2.57 bits per heavy atom. The van der Waals surface area contributed by atoms with Crippen LogP contribution in [0.25, 0.3) is 0 Å². The lowest BCUT2D eigenvalue weighted by Gasteiger charge is -2.21. The van der Waals surface area contributed by atoms with Gasteiger partial charge in [-0.2, -0.15) is 0 Å². The highest BCUT2D eigenvalue weighted by Crippen LogP contribution is 2.26. The molecular weight excluding hydrogens is 282 g/mol. The Morgan fingerprint density at radius 1 is 1.24 bits per heavy atom. The van der Waals surface area contributed by atoms with Gasteiger partial charge in [0.2, 0.25) is 0 Å². The molecule has 120 valence electrons. The van der Waals surface area contributed by atoms with Gasteiger partial charge >= 0.3 is 0 Å². The minimum Gasteiger partial charge on any atom is -0.494 e.